The summed E-state index contributed by atoms with van der Waals surface area (Å²) < 4.78 is 0. The van der Waals surface area contributed by atoms with E-state index in [0.29, 0.717) is 18.4 Å². The molecule has 0 saturated heterocycles. The van der Waals surface area contributed by atoms with Crippen LogP contribution in [0.1, 0.15) is 19.3 Å². The lowest BCUT2D eigenvalue weighted by Gasteiger charge is -2.04. The Labute approximate surface area is 56.1 Å². The van der Waals surface area contributed by atoms with Crippen molar-refractivity contribution >= 4 is 0 Å². The fourth-order valence-corrected chi connectivity index (χ4v) is 1.56. The van der Waals surface area contributed by atoms with Crippen molar-refractivity contribution in [3.05, 3.63) is 0 Å². The van der Waals surface area contributed by atoms with Gasteiger partial charge in [0.05, 0.1) is 0 Å². The van der Waals surface area contributed by atoms with Gasteiger partial charge in [-0.15, -0.1) is 0 Å². The predicted molar refractivity (Wildman–Crippen MR) is 37.0 cm³/mol. The highest BCUT2D eigenvalue weighted by Crippen LogP contribution is 2.29. The first-order valence-corrected chi connectivity index (χ1v) is 3.67. The molecule has 1 saturated carbocycles. The lowest BCUT2D eigenvalue weighted by molar-refractivity contribution is 0.226. The van der Waals surface area contributed by atoms with Crippen LogP contribution in [0.3, 0.4) is 0 Å². The molecule has 2 nitrogen and oxygen atoms in total. The lowest BCUT2D eigenvalue weighted by Crippen LogP contribution is -2.11. The first kappa shape index (κ1) is 7.03. The van der Waals surface area contributed by atoms with Gasteiger partial charge in [-0.25, -0.2) is 0 Å². The molecule has 2 heteroatoms. The SMILES string of the molecule is NC[C@@H]1CCC(CO)C1. The van der Waals surface area contributed by atoms with Gasteiger partial charge in [-0.2, -0.15) is 0 Å². The number of aliphatic hydroxyl groups is 1. The maximum Gasteiger partial charge on any atom is 0.0459 e. The quantitative estimate of drug-likeness (QED) is 0.565. The highest BCUT2D eigenvalue weighted by atomic mass is 16.3. The van der Waals surface area contributed by atoms with Crippen LogP contribution in [-0.4, -0.2) is 18.3 Å². The largest absolute Gasteiger partial charge is 0.396 e. The molecule has 3 N–H and O–H groups in total. The fraction of sp³-hybridized carbons (Fsp3) is 1.00. The van der Waals surface area contributed by atoms with Gasteiger partial charge in [-0.1, -0.05) is 0 Å². The van der Waals surface area contributed by atoms with Crippen LogP contribution >= 0.6 is 0 Å². The summed E-state index contributed by atoms with van der Waals surface area (Å²) in [6.07, 6.45) is 3.55. The third-order valence-corrected chi connectivity index (χ3v) is 2.24. The molecule has 54 valence electrons. The zero-order valence-electron chi connectivity index (χ0n) is 5.71. The van der Waals surface area contributed by atoms with Gasteiger partial charge in [0.25, 0.3) is 0 Å². The van der Waals surface area contributed by atoms with Crippen molar-refractivity contribution in [2.75, 3.05) is 13.2 Å². The highest BCUT2D eigenvalue weighted by Gasteiger charge is 2.22. The van der Waals surface area contributed by atoms with Crippen molar-refractivity contribution in [2.24, 2.45) is 17.6 Å². The molecule has 0 amide bonds. The molecule has 0 radical (unpaired) electrons. The van der Waals surface area contributed by atoms with Gasteiger partial charge in [0.15, 0.2) is 0 Å². The zero-order chi connectivity index (χ0) is 6.69. The minimum atomic E-state index is 0.358. The molecular formula is C7H15NO. The molecule has 1 fully saturated rings. The summed E-state index contributed by atoms with van der Waals surface area (Å²) in [6.45, 7) is 1.16. The normalized spacial score (nSPS) is 35.3. The second-order valence-electron chi connectivity index (χ2n) is 2.96. The summed E-state index contributed by atoms with van der Waals surface area (Å²) in [4.78, 5) is 0. The highest BCUT2D eigenvalue weighted by molar-refractivity contribution is 4.74. The molecule has 9 heavy (non-hydrogen) atoms. The second-order valence-corrected chi connectivity index (χ2v) is 2.96. The van der Waals surface area contributed by atoms with E-state index in [0.717, 1.165) is 13.0 Å². The molecule has 0 spiro atoms. The number of rotatable bonds is 2. The number of aliphatic hydroxyl groups excluding tert-OH is 1. The maximum absolute atomic E-state index is 8.74. The minimum Gasteiger partial charge on any atom is -0.396 e. The van der Waals surface area contributed by atoms with Crippen molar-refractivity contribution in [3.8, 4) is 0 Å². The molecule has 0 heterocycles. The molecule has 1 aliphatic carbocycles. The van der Waals surface area contributed by atoms with Crippen molar-refractivity contribution in [2.45, 2.75) is 19.3 Å². The first-order valence-electron chi connectivity index (χ1n) is 3.67. The fourth-order valence-electron chi connectivity index (χ4n) is 1.56. The van der Waals surface area contributed by atoms with E-state index in [1.807, 2.05) is 0 Å². The average molecular weight is 129 g/mol. The van der Waals surface area contributed by atoms with E-state index in [-0.39, 0.29) is 0 Å². The molecule has 0 aromatic rings. The van der Waals surface area contributed by atoms with Crippen LogP contribution in [0.2, 0.25) is 0 Å². The zero-order valence-corrected chi connectivity index (χ0v) is 5.71. The van der Waals surface area contributed by atoms with Gasteiger partial charge in [-0.05, 0) is 37.6 Å². The van der Waals surface area contributed by atoms with Crippen molar-refractivity contribution in [1.29, 1.82) is 0 Å². The second kappa shape index (κ2) is 3.18. The Balaban J connectivity index is 2.20. The first-order chi connectivity index (χ1) is 4.36. The summed E-state index contributed by atoms with van der Waals surface area (Å²) in [6, 6.07) is 0. The third-order valence-electron chi connectivity index (χ3n) is 2.24. The standard InChI is InChI=1S/C7H15NO/c8-4-6-1-2-7(3-6)5-9/h6-7,9H,1-5,8H2/t6-,7?/m1/s1. The molecule has 1 aliphatic rings. The van der Waals surface area contributed by atoms with E-state index in [1.54, 1.807) is 0 Å². The van der Waals surface area contributed by atoms with E-state index >= 15 is 0 Å². The Morgan fingerprint density at radius 1 is 1.33 bits per heavy atom. The van der Waals surface area contributed by atoms with Crippen molar-refractivity contribution in [3.63, 3.8) is 0 Å². The molecule has 0 aliphatic heterocycles. The number of hydrogen-bond acceptors (Lipinski definition) is 2. The summed E-state index contributed by atoms with van der Waals surface area (Å²) >= 11 is 0. The molecule has 1 rings (SSSR count). The van der Waals surface area contributed by atoms with E-state index < -0.39 is 0 Å². The molecule has 1 unspecified atom stereocenters. The van der Waals surface area contributed by atoms with E-state index in [4.69, 9.17) is 10.8 Å². The number of nitrogens with two attached hydrogens (primary N) is 1. The number of hydrogen-bond donors (Lipinski definition) is 2. The van der Waals surface area contributed by atoms with Crippen LogP contribution in [0, 0.1) is 11.8 Å². The van der Waals surface area contributed by atoms with E-state index in [2.05, 4.69) is 0 Å². The van der Waals surface area contributed by atoms with E-state index in [9.17, 15) is 0 Å². The molecular weight excluding hydrogens is 114 g/mol. The van der Waals surface area contributed by atoms with Gasteiger partial charge >= 0.3 is 0 Å². The third kappa shape index (κ3) is 1.66. The van der Waals surface area contributed by atoms with Crippen LogP contribution in [0.15, 0.2) is 0 Å². The van der Waals surface area contributed by atoms with Gasteiger partial charge in [0.1, 0.15) is 0 Å². The van der Waals surface area contributed by atoms with Gasteiger partial charge < -0.3 is 10.8 Å². The monoisotopic (exact) mass is 129 g/mol. The van der Waals surface area contributed by atoms with Gasteiger partial charge in [0.2, 0.25) is 0 Å². The van der Waals surface area contributed by atoms with Crippen LogP contribution in [0.4, 0.5) is 0 Å². The Bertz CT molecular complexity index is 75.0. The smallest absolute Gasteiger partial charge is 0.0459 e. The van der Waals surface area contributed by atoms with E-state index in [1.165, 1.54) is 12.8 Å². The van der Waals surface area contributed by atoms with Gasteiger partial charge in [0, 0.05) is 6.61 Å². The molecule has 0 aromatic carbocycles. The van der Waals surface area contributed by atoms with Gasteiger partial charge in [-0.3, -0.25) is 0 Å². The minimum absolute atomic E-state index is 0.358. The Morgan fingerprint density at radius 3 is 2.33 bits per heavy atom. The Kier molecular flexibility index (Phi) is 2.49. The average Bonchev–Trinajstić information content (AvgIpc) is 2.34. The van der Waals surface area contributed by atoms with Crippen LogP contribution in [0.25, 0.3) is 0 Å². The topological polar surface area (TPSA) is 46.2 Å². The van der Waals surface area contributed by atoms with Crippen molar-refractivity contribution < 1.29 is 5.11 Å². The molecule has 0 aromatic heterocycles. The summed E-state index contributed by atoms with van der Waals surface area (Å²) in [5.74, 6) is 1.25. The Morgan fingerprint density at radius 2 is 2.00 bits per heavy atom. The maximum atomic E-state index is 8.74. The lowest BCUT2D eigenvalue weighted by atomic mass is 10.1. The predicted octanol–water partition coefficient (Wildman–Crippen LogP) is 0.354. The van der Waals surface area contributed by atoms with Crippen LogP contribution < -0.4 is 5.73 Å². The summed E-state index contributed by atoms with van der Waals surface area (Å²) in [5.41, 5.74) is 5.47. The van der Waals surface area contributed by atoms with Crippen LogP contribution in [0.5, 0.6) is 0 Å². The Hall–Kier alpha value is -0.0800. The molecule has 2 atom stereocenters. The molecule has 0 bridgehead atoms. The van der Waals surface area contributed by atoms with Crippen molar-refractivity contribution in [1.82, 2.24) is 0 Å². The van der Waals surface area contributed by atoms with Crippen LogP contribution in [-0.2, 0) is 0 Å². The summed E-state index contributed by atoms with van der Waals surface area (Å²) in [5, 5.41) is 8.74. The summed E-state index contributed by atoms with van der Waals surface area (Å²) in [7, 11) is 0.